The Morgan fingerprint density at radius 2 is 2.00 bits per heavy atom. The molecule has 1 aromatic heterocycles. The standard InChI is InChI=1S/C17H18F2N4O2/c1-11(24)12-4-3-7-22(8-12)17(25)16-10-23(21-20-16)9-13-14(18)5-2-6-15(13)19/h2,5-6,10,12H,3-4,7-9H2,1H3/t12-/m1/s1. The van der Waals surface area contributed by atoms with Gasteiger partial charge in [0, 0.05) is 24.6 Å². The second kappa shape index (κ2) is 7.08. The Morgan fingerprint density at radius 1 is 1.28 bits per heavy atom. The Hall–Kier alpha value is -2.64. The van der Waals surface area contributed by atoms with Crippen molar-refractivity contribution in [3.8, 4) is 0 Å². The molecule has 132 valence electrons. The fourth-order valence-electron chi connectivity index (χ4n) is 2.97. The number of carbonyl (C=O) groups is 2. The van der Waals surface area contributed by atoms with Gasteiger partial charge in [-0.05, 0) is 31.9 Å². The molecule has 1 fully saturated rings. The largest absolute Gasteiger partial charge is 0.336 e. The van der Waals surface area contributed by atoms with E-state index in [1.807, 2.05) is 0 Å². The lowest BCUT2D eigenvalue weighted by atomic mass is 9.94. The highest BCUT2D eigenvalue weighted by molar-refractivity contribution is 5.92. The molecule has 25 heavy (non-hydrogen) atoms. The van der Waals surface area contributed by atoms with Gasteiger partial charge in [0.2, 0.25) is 0 Å². The van der Waals surface area contributed by atoms with Gasteiger partial charge in [-0.2, -0.15) is 0 Å². The number of benzene rings is 1. The lowest BCUT2D eigenvalue weighted by Crippen LogP contribution is -2.42. The van der Waals surface area contributed by atoms with E-state index in [1.165, 1.54) is 23.9 Å². The summed E-state index contributed by atoms with van der Waals surface area (Å²) in [5, 5.41) is 7.59. The average Bonchev–Trinajstić information content (AvgIpc) is 3.06. The number of rotatable bonds is 4. The molecule has 8 heteroatoms. The zero-order valence-corrected chi connectivity index (χ0v) is 13.8. The number of hydrogen-bond donors (Lipinski definition) is 0. The van der Waals surface area contributed by atoms with Crippen molar-refractivity contribution in [2.24, 2.45) is 5.92 Å². The minimum atomic E-state index is -0.677. The molecular weight excluding hydrogens is 330 g/mol. The van der Waals surface area contributed by atoms with Crippen molar-refractivity contribution in [1.29, 1.82) is 0 Å². The van der Waals surface area contributed by atoms with E-state index in [4.69, 9.17) is 0 Å². The van der Waals surface area contributed by atoms with Crippen LogP contribution in [0.1, 0.15) is 35.8 Å². The number of ketones is 1. The van der Waals surface area contributed by atoms with Gasteiger partial charge in [-0.1, -0.05) is 11.3 Å². The minimum Gasteiger partial charge on any atom is -0.336 e. The van der Waals surface area contributed by atoms with Crippen LogP contribution in [-0.2, 0) is 11.3 Å². The Balaban J connectivity index is 1.73. The predicted octanol–water partition coefficient (Wildman–Crippen LogP) is 2.05. The summed E-state index contributed by atoms with van der Waals surface area (Å²) in [6.45, 7) is 2.28. The van der Waals surface area contributed by atoms with Gasteiger partial charge in [-0.3, -0.25) is 9.59 Å². The van der Waals surface area contributed by atoms with Crippen molar-refractivity contribution in [3.05, 3.63) is 47.3 Å². The first kappa shape index (κ1) is 17.2. The summed E-state index contributed by atoms with van der Waals surface area (Å²) in [4.78, 5) is 25.6. The van der Waals surface area contributed by atoms with Crippen LogP contribution in [0.2, 0.25) is 0 Å². The molecule has 1 aromatic carbocycles. The summed E-state index contributed by atoms with van der Waals surface area (Å²) in [5.41, 5.74) is -0.0398. The van der Waals surface area contributed by atoms with E-state index in [-0.39, 0.29) is 35.4 Å². The number of piperidine rings is 1. The molecule has 6 nitrogen and oxygen atoms in total. The first-order valence-electron chi connectivity index (χ1n) is 8.08. The zero-order chi connectivity index (χ0) is 18.0. The van der Waals surface area contributed by atoms with Gasteiger partial charge in [0.25, 0.3) is 5.91 Å². The van der Waals surface area contributed by atoms with E-state index in [1.54, 1.807) is 4.90 Å². The number of likely N-dealkylation sites (tertiary alicyclic amines) is 1. The summed E-state index contributed by atoms with van der Waals surface area (Å²) < 4.78 is 28.6. The summed E-state index contributed by atoms with van der Waals surface area (Å²) in [6.07, 6.45) is 2.90. The maximum Gasteiger partial charge on any atom is 0.276 e. The van der Waals surface area contributed by atoms with Gasteiger partial charge < -0.3 is 4.90 Å². The summed E-state index contributed by atoms with van der Waals surface area (Å²) in [5.74, 6) is -1.77. The van der Waals surface area contributed by atoms with Crippen LogP contribution in [0.3, 0.4) is 0 Å². The van der Waals surface area contributed by atoms with Crippen molar-refractivity contribution in [2.45, 2.75) is 26.3 Å². The summed E-state index contributed by atoms with van der Waals surface area (Å²) in [6, 6.07) is 3.61. The lowest BCUT2D eigenvalue weighted by molar-refractivity contribution is -0.122. The van der Waals surface area contributed by atoms with E-state index in [9.17, 15) is 18.4 Å². The molecular formula is C17H18F2N4O2. The first-order chi connectivity index (χ1) is 12.0. The Kier molecular flexibility index (Phi) is 4.87. The molecule has 1 aliphatic heterocycles. The zero-order valence-electron chi connectivity index (χ0n) is 13.8. The Bertz CT molecular complexity index is 785. The topological polar surface area (TPSA) is 68.1 Å². The highest BCUT2D eigenvalue weighted by Gasteiger charge is 2.28. The maximum absolute atomic E-state index is 13.7. The molecule has 1 saturated heterocycles. The molecule has 1 amide bonds. The van der Waals surface area contributed by atoms with Crippen LogP contribution in [0.15, 0.2) is 24.4 Å². The molecule has 3 rings (SSSR count). The van der Waals surface area contributed by atoms with E-state index in [2.05, 4.69) is 10.3 Å². The highest BCUT2D eigenvalue weighted by Crippen LogP contribution is 2.19. The molecule has 2 heterocycles. The fourth-order valence-corrected chi connectivity index (χ4v) is 2.97. The number of Topliss-reactive ketones (excluding diaryl/α,β-unsaturated/α-hetero) is 1. The number of amides is 1. The van der Waals surface area contributed by atoms with Gasteiger partial charge in [-0.25, -0.2) is 13.5 Å². The fraction of sp³-hybridized carbons (Fsp3) is 0.412. The quantitative estimate of drug-likeness (QED) is 0.848. The van der Waals surface area contributed by atoms with Crippen molar-refractivity contribution in [2.75, 3.05) is 13.1 Å². The third-order valence-corrected chi connectivity index (χ3v) is 4.42. The lowest BCUT2D eigenvalue weighted by Gasteiger charge is -2.30. The third kappa shape index (κ3) is 3.72. The van der Waals surface area contributed by atoms with E-state index in [0.717, 1.165) is 25.0 Å². The van der Waals surface area contributed by atoms with Crippen LogP contribution in [0, 0.1) is 17.6 Å². The van der Waals surface area contributed by atoms with Gasteiger partial charge in [0.15, 0.2) is 5.69 Å². The van der Waals surface area contributed by atoms with Gasteiger partial charge in [-0.15, -0.1) is 5.10 Å². The summed E-state index contributed by atoms with van der Waals surface area (Å²) >= 11 is 0. The molecule has 1 aliphatic rings. The third-order valence-electron chi connectivity index (χ3n) is 4.42. The van der Waals surface area contributed by atoms with Crippen molar-refractivity contribution in [1.82, 2.24) is 19.9 Å². The Morgan fingerprint density at radius 3 is 2.68 bits per heavy atom. The molecule has 1 atom stereocenters. The SMILES string of the molecule is CC(=O)[C@@H]1CCCN(C(=O)c2cn(Cc3c(F)cccc3F)nn2)C1. The molecule has 0 aliphatic carbocycles. The van der Waals surface area contributed by atoms with Gasteiger partial charge in [0.1, 0.15) is 17.4 Å². The smallest absolute Gasteiger partial charge is 0.276 e. The first-order valence-corrected chi connectivity index (χ1v) is 8.08. The normalized spacial score (nSPS) is 17.6. The van der Waals surface area contributed by atoms with Crippen molar-refractivity contribution < 1.29 is 18.4 Å². The second-order valence-corrected chi connectivity index (χ2v) is 6.20. The van der Waals surface area contributed by atoms with Gasteiger partial charge in [0.05, 0.1) is 12.7 Å². The molecule has 0 unspecified atom stereocenters. The van der Waals surface area contributed by atoms with Crippen molar-refractivity contribution in [3.63, 3.8) is 0 Å². The highest BCUT2D eigenvalue weighted by atomic mass is 19.1. The molecule has 0 N–H and O–H groups in total. The maximum atomic E-state index is 13.7. The van der Waals surface area contributed by atoms with E-state index < -0.39 is 11.6 Å². The number of halogens is 2. The average molecular weight is 348 g/mol. The predicted molar refractivity (Wildman–Crippen MR) is 84.8 cm³/mol. The molecule has 2 aromatic rings. The van der Waals surface area contributed by atoms with E-state index in [0.29, 0.717) is 13.1 Å². The van der Waals surface area contributed by atoms with Crippen LogP contribution in [0.25, 0.3) is 0 Å². The number of carbonyl (C=O) groups excluding carboxylic acids is 2. The minimum absolute atomic E-state index is 0.0659. The van der Waals surface area contributed by atoms with Gasteiger partial charge >= 0.3 is 0 Å². The van der Waals surface area contributed by atoms with E-state index >= 15 is 0 Å². The molecule has 0 spiro atoms. The number of aromatic nitrogens is 3. The Labute approximate surface area is 143 Å². The van der Waals surface area contributed by atoms with Crippen molar-refractivity contribution >= 4 is 11.7 Å². The molecule has 0 bridgehead atoms. The monoisotopic (exact) mass is 348 g/mol. The van der Waals surface area contributed by atoms with Crippen LogP contribution in [0.5, 0.6) is 0 Å². The molecule has 0 radical (unpaired) electrons. The van der Waals surface area contributed by atoms with Crippen LogP contribution < -0.4 is 0 Å². The van der Waals surface area contributed by atoms with Crippen LogP contribution in [-0.4, -0.2) is 44.7 Å². The number of hydrogen-bond acceptors (Lipinski definition) is 4. The molecule has 0 saturated carbocycles. The van der Waals surface area contributed by atoms with Crippen LogP contribution in [0.4, 0.5) is 8.78 Å². The second-order valence-electron chi connectivity index (χ2n) is 6.20. The number of nitrogens with zero attached hydrogens (tertiary/aromatic N) is 4. The van der Waals surface area contributed by atoms with Crippen LogP contribution >= 0.6 is 0 Å². The summed E-state index contributed by atoms with van der Waals surface area (Å²) in [7, 11) is 0.